The Morgan fingerprint density at radius 2 is 1.64 bits per heavy atom. The maximum absolute atomic E-state index is 4.97. The summed E-state index contributed by atoms with van der Waals surface area (Å²) in [5.41, 5.74) is 2.61. The molecule has 3 aromatic rings. The fraction of sp³-hybridized carbons (Fsp3) is 0.423. The van der Waals surface area contributed by atoms with E-state index in [1.807, 2.05) is 24.6 Å². The monoisotopic (exact) mass is 445 g/mol. The molecule has 1 aliphatic heterocycles. The van der Waals surface area contributed by atoms with Crippen molar-refractivity contribution < 1.29 is 0 Å². The second-order valence-corrected chi connectivity index (χ2v) is 8.56. The summed E-state index contributed by atoms with van der Waals surface area (Å²) >= 11 is 0. The van der Waals surface area contributed by atoms with Gasteiger partial charge in [0.05, 0.1) is 13.1 Å². The molecular weight excluding hydrogens is 410 g/mol. The van der Waals surface area contributed by atoms with Crippen molar-refractivity contribution in [2.45, 2.75) is 39.4 Å². The Morgan fingerprint density at radius 1 is 0.970 bits per heavy atom. The Labute approximate surface area is 197 Å². The molecule has 7 nitrogen and oxygen atoms in total. The van der Waals surface area contributed by atoms with Crippen molar-refractivity contribution in [2.24, 2.45) is 12.0 Å². The van der Waals surface area contributed by atoms with Crippen LogP contribution < -0.4 is 5.32 Å². The molecule has 1 N–H and O–H groups in total. The lowest BCUT2D eigenvalue weighted by atomic mass is 10.0. The predicted octanol–water partition coefficient (Wildman–Crippen LogP) is 3.54. The third kappa shape index (κ3) is 5.79. The number of rotatable bonds is 7. The number of nitrogens with one attached hydrogen (secondary N) is 1. The predicted molar refractivity (Wildman–Crippen MR) is 133 cm³/mol. The second kappa shape index (κ2) is 11.1. The van der Waals surface area contributed by atoms with Gasteiger partial charge in [-0.15, -0.1) is 10.2 Å². The van der Waals surface area contributed by atoms with Crippen LogP contribution in [0.5, 0.6) is 0 Å². The minimum absolute atomic E-state index is 0.465. The molecule has 1 aromatic heterocycles. The molecule has 0 aliphatic carbocycles. The first kappa shape index (κ1) is 23.0. The van der Waals surface area contributed by atoms with Crippen molar-refractivity contribution in [2.75, 3.05) is 26.2 Å². The lowest BCUT2D eigenvalue weighted by Crippen LogP contribution is -2.53. The zero-order chi connectivity index (χ0) is 23.0. The van der Waals surface area contributed by atoms with Gasteiger partial charge in [-0.3, -0.25) is 4.90 Å². The minimum Gasteiger partial charge on any atom is -0.349 e. The Balaban J connectivity index is 1.44. The normalized spacial score (nSPS) is 16.1. The van der Waals surface area contributed by atoms with Crippen LogP contribution in [-0.2, 0) is 20.1 Å². The third-order valence-electron chi connectivity index (χ3n) is 6.47. The van der Waals surface area contributed by atoms with Crippen LogP contribution in [0.3, 0.4) is 0 Å². The molecule has 2 heterocycles. The summed E-state index contributed by atoms with van der Waals surface area (Å²) in [4.78, 5) is 9.95. The molecule has 174 valence electrons. The number of aromatic nitrogens is 3. The first-order valence-electron chi connectivity index (χ1n) is 11.9. The minimum atomic E-state index is 0.465. The number of aryl methyl sites for hydroxylation is 1. The van der Waals surface area contributed by atoms with E-state index < -0.39 is 0 Å². The summed E-state index contributed by atoms with van der Waals surface area (Å²) in [6.45, 7) is 9.43. The summed E-state index contributed by atoms with van der Waals surface area (Å²) in [6, 6.07) is 21.7. The van der Waals surface area contributed by atoms with Gasteiger partial charge < -0.3 is 14.8 Å². The van der Waals surface area contributed by atoms with Crippen LogP contribution in [0.25, 0.3) is 0 Å². The van der Waals surface area contributed by atoms with Crippen LogP contribution in [0, 0.1) is 6.92 Å². The summed E-state index contributed by atoms with van der Waals surface area (Å²) < 4.78 is 2.02. The highest BCUT2D eigenvalue weighted by Crippen LogP contribution is 2.25. The molecule has 33 heavy (non-hydrogen) atoms. The number of hydrogen-bond donors (Lipinski definition) is 1. The molecule has 0 radical (unpaired) electrons. The molecular formula is C26H35N7. The molecule has 0 amide bonds. The summed E-state index contributed by atoms with van der Waals surface area (Å²) in [5, 5.41) is 12.0. The largest absolute Gasteiger partial charge is 0.349 e. The van der Waals surface area contributed by atoms with E-state index in [9.17, 15) is 0 Å². The molecule has 1 saturated heterocycles. The fourth-order valence-corrected chi connectivity index (χ4v) is 4.41. The standard InChI is InChI=1S/C26H35N7/c1-4-24(23-13-9-6-10-14-23)32-15-17-33(18-16-32)26(27-19-22-11-7-5-8-12-22)28-20-25-30-29-21(2)31(25)3/h5-14,24H,4,15-20H2,1-3H3,(H,27,28). The zero-order valence-electron chi connectivity index (χ0n) is 20.0. The van der Waals surface area contributed by atoms with Crippen LogP contribution >= 0.6 is 0 Å². The highest BCUT2D eigenvalue weighted by atomic mass is 15.4. The maximum atomic E-state index is 4.97. The van der Waals surface area contributed by atoms with E-state index in [2.05, 4.69) is 86.8 Å². The molecule has 1 atom stereocenters. The van der Waals surface area contributed by atoms with Crippen LogP contribution in [-0.4, -0.2) is 56.7 Å². The summed E-state index contributed by atoms with van der Waals surface area (Å²) in [7, 11) is 2.00. The van der Waals surface area contributed by atoms with Gasteiger partial charge in [0, 0.05) is 39.3 Å². The lowest BCUT2D eigenvalue weighted by molar-refractivity contribution is 0.126. The van der Waals surface area contributed by atoms with Gasteiger partial charge in [-0.2, -0.15) is 0 Å². The van der Waals surface area contributed by atoms with E-state index in [0.29, 0.717) is 19.1 Å². The molecule has 0 bridgehead atoms. The second-order valence-electron chi connectivity index (χ2n) is 8.56. The highest BCUT2D eigenvalue weighted by molar-refractivity contribution is 5.80. The Bertz CT molecular complexity index is 1020. The number of piperazine rings is 1. The molecule has 1 fully saturated rings. The average Bonchev–Trinajstić information content (AvgIpc) is 3.19. The van der Waals surface area contributed by atoms with Gasteiger partial charge in [-0.1, -0.05) is 67.6 Å². The van der Waals surface area contributed by atoms with E-state index in [4.69, 9.17) is 4.99 Å². The van der Waals surface area contributed by atoms with Crippen molar-refractivity contribution in [3.8, 4) is 0 Å². The van der Waals surface area contributed by atoms with Gasteiger partial charge in [0.2, 0.25) is 0 Å². The zero-order valence-corrected chi connectivity index (χ0v) is 20.0. The van der Waals surface area contributed by atoms with Crippen molar-refractivity contribution in [3.05, 3.63) is 83.4 Å². The van der Waals surface area contributed by atoms with Gasteiger partial charge in [-0.25, -0.2) is 4.99 Å². The molecule has 4 rings (SSSR count). The molecule has 0 spiro atoms. The van der Waals surface area contributed by atoms with E-state index in [1.54, 1.807) is 0 Å². The van der Waals surface area contributed by atoms with Gasteiger partial charge in [0.15, 0.2) is 11.8 Å². The van der Waals surface area contributed by atoms with Crippen LogP contribution in [0.4, 0.5) is 0 Å². The van der Waals surface area contributed by atoms with Gasteiger partial charge in [0.25, 0.3) is 0 Å². The maximum Gasteiger partial charge on any atom is 0.194 e. The van der Waals surface area contributed by atoms with E-state index >= 15 is 0 Å². The highest BCUT2D eigenvalue weighted by Gasteiger charge is 2.25. The Morgan fingerprint density at radius 3 is 2.24 bits per heavy atom. The Kier molecular flexibility index (Phi) is 7.73. The van der Waals surface area contributed by atoms with Crippen LogP contribution in [0.1, 0.15) is 42.2 Å². The number of nitrogens with zero attached hydrogens (tertiary/aromatic N) is 6. The van der Waals surface area contributed by atoms with E-state index in [-0.39, 0.29) is 0 Å². The molecule has 1 aliphatic rings. The van der Waals surface area contributed by atoms with E-state index in [1.165, 1.54) is 11.1 Å². The molecule has 1 unspecified atom stereocenters. The van der Waals surface area contributed by atoms with Crippen LogP contribution in [0.2, 0.25) is 0 Å². The van der Waals surface area contributed by atoms with Crippen LogP contribution in [0.15, 0.2) is 65.7 Å². The smallest absolute Gasteiger partial charge is 0.194 e. The summed E-state index contributed by atoms with van der Waals surface area (Å²) in [5.74, 6) is 2.76. The number of hydrogen-bond acceptors (Lipinski definition) is 4. The van der Waals surface area contributed by atoms with Crippen molar-refractivity contribution >= 4 is 5.96 Å². The topological polar surface area (TPSA) is 61.6 Å². The van der Waals surface area contributed by atoms with Gasteiger partial charge >= 0.3 is 0 Å². The van der Waals surface area contributed by atoms with E-state index in [0.717, 1.165) is 50.2 Å². The SMILES string of the molecule is CCC(c1ccccc1)N1CCN(C(=NCc2ccccc2)NCc2nnc(C)n2C)CC1. The van der Waals surface area contributed by atoms with Crippen molar-refractivity contribution in [3.63, 3.8) is 0 Å². The molecule has 0 saturated carbocycles. The fourth-order valence-electron chi connectivity index (χ4n) is 4.41. The first-order chi connectivity index (χ1) is 16.2. The number of guanidine groups is 1. The molecule has 7 heteroatoms. The first-order valence-corrected chi connectivity index (χ1v) is 11.9. The third-order valence-corrected chi connectivity index (χ3v) is 6.47. The van der Waals surface area contributed by atoms with Gasteiger partial charge in [-0.05, 0) is 24.5 Å². The molecule has 2 aromatic carbocycles. The van der Waals surface area contributed by atoms with Crippen molar-refractivity contribution in [1.82, 2.24) is 29.9 Å². The van der Waals surface area contributed by atoms with Gasteiger partial charge in [0.1, 0.15) is 5.82 Å². The Hall–Kier alpha value is -3.19. The van der Waals surface area contributed by atoms with Crippen molar-refractivity contribution in [1.29, 1.82) is 0 Å². The average molecular weight is 446 g/mol. The lowest BCUT2D eigenvalue weighted by Gasteiger charge is -2.40. The summed E-state index contributed by atoms with van der Waals surface area (Å²) in [6.07, 6.45) is 1.11. The number of aliphatic imine (C=N–C) groups is 1. The number of benzene rings is 2. The quantitative estimate of drug-likeness (QED) is 0.445.